The van der Waals surface area contributed by atoms with Gasteiger partial charge in [-0.1, -0.05) is 0 Å². The molecular formula is C14H12F2N2O2. The summed E-state index contributed by atoms with van der Waals surface area (Å²) in [5.41, 5.74) is -1.30. The fourth-order valence-corrected chi connectivity index (χ4v) is 2.13. The highest BCUT2D eigenvalue weighted by Gasteiger charge is 2.25. The fourth-order valence-electron chi connectivity index (χ4n) is 2.13. The number of halogens is 2. The van der Waals surface area contributed by atoms with Crippen LogP contribution in [0.4, 0.5) is 8.78 Å². The van der Waals surface area contributed by atoms with E-state index in [4.69, 9.17) is 0 Å². The maximum absolute atomic E-state index is 13.5. The van der Waals surface area contributed by atoms with Crippen LogP contribution < -0.4 is 11.1 Å². The largest absolute Gasteiger partial charge is 0.316 e. The standard InChI is InChI=1S/C14H12F2N2O2/c15-10-1-4-12(16)9(7-10)8-17-5-6-18(11-2-3-11)14(20)13(17)19/h1,4-7,11H,2-3,8H2. The molecule has 6 heteroatoms. The number of nitrogens with zero attached hydrogens (tertiary/aromatic N) is 2. The third-order valence-electron chi connectivity index (χ3n) is 3.37. The summed E-state index contributed by atoms with van der Waals surface area (Å²) in [5.74, 6) is -1.19. The molecule has 1 aromatic carbocycles. The molecule has 0 bridgehead atoms. The first-order valence-corrected chi connectivity index (χ1v) is 6.32. The summed E-state index contributed by atoms with van der Waals surface area (Å²) in [6, 6.07) is 3.14. The summed E-state index contributed by atoms with van der Waals surface area (Å²) < 4.78 is 29.1. The minimum absolute atomic E-state index is 0.0377. The van der Waals surface area contributed by atoms with E-state index in [0.29, 0.717) is 0 Å². The van der Waals surface area contributed by atoms with Gasteiger partial charge in [-0.2, -0.15) is 0 Å². The zero-order chi connectivity index (χ0) is 14.3. The molecule has 3 rings (SSSR count). The van der Waals surface area contributed by atoms with Crippen LogP contribution in [-0.2, 0) is 6.54 Å². The Kier molecular flexibility index (Phi) is 3.00. The lowest BCUT2D eigenvalue weighted by molar-refractivity contribution is 0.568. The first-order valence-electron chi connectivity index (χ1n) is 6.32. The van der Waals surface area contributed by atoms with Gasteiger partial charge >= 0.3 is 11.1 Å². The van der Waals surface area contributed by atoms with Crippen LogP contribution in [-0.4, -0.2) is 9.13 Å². The molecule has 0 atom stereocenters. The lowest BCUT2D eigenvalue weighted by Crippen LogP contribution is -2.40. The molecule has 1 saturated carbocycles. The van der Waals surface area contributed by atoms with E-state index in [1.807, 2.05) is 0 Å². The molecule has 0 radical (unpaired) electrons. The number of hydrogen-bond acceptors (Lipinski definition) is 2. The van der Waals surface area contributed by atoms with Crippen LogP contribution in [0.2, 0.25) is 0 Å². The minimum Gasteiger partial charge on any atom is -0.306 e. The SMILES string of the molecule is O=c1c(=O)n(C2CC2)ccn1Cc1cc(F)ccc1F. The zero-order valence-corrected chi connectivity index (χ0v) is 10.6. The lowest BCUT2D eigenvalue weighted by Gasteiger charge is -2.09. The smallest absolute Gasteiger partial charge is 0.306 e. The average Bonchev–Trinajstić information content (AvgIpc) is 3.24. The van der Waals surface area contributed by atoms with E-state index < -0.39 is 22.8 Å². The van der Waals surface area contributed by atoms with Gasteiger partial charge in [0.05, 0.1) is 6.54 Å². The molecule has 0 aliphatic heterocycles. The molecule has 1 aromatic heterocycles. The van der Waals surface area contributed by atoms with Gasteiger partial charge in [-0.15, -0.1) is 0 Å². The molecule has 0 spiro atoms. The van der Waals surface area contributed by atoms with Gasteiger partial charge in [-0.3, -0.25) is 9.59 Å². The van der Waals surface area contributed by atoms with E-state index >= 15 is 0 Å². The summed E-state index contributed by atoms with van der Waals surface area (Å²) in [5, 5.41) is 0. The van der Waals surface area contributed by atoms with Gasteiger partial charge in [0.15, 0.2) is 0 Å². The van der Waals surface area contributed by atoms with Crippen LogP contribution in [0.25, 0.3) is 0 Å². The summed E-state index contributed by atoms with van der Waals surface area (Å²) in [6.45, 7) is -0.164. The molecule has 0 unspecified atom stereocenters. The Labute approximate surface area is 112 Å². The van der Waals surface area contributed by atoms with E-state index in [1.54, 1.807) is 0 Å². The van der Waals surface area contributed by atoms with E-state index in [0.717, 1.165) is 35.6 Å². The maximum atomic E-state index is 13.5. The van der Waals surface area contributed by atoms with Gasteiger partial charge in [0.25, 0.3) is 0 Å². The second-order valence-electron chi connectivity index (χ2n) is 4.91. The van der Waals surface area contributed by atoms with Gasteiger partial charge in [-0.25, -0.2) is 8.78 Å². The topological polar surface area (TPSA) is 44.0 Å². The highest BCUT2D eigenvalue weighted by atomic mass is 19.1. The predicted octanol–water partition coefficient (Wildman–Crippen LogP) is 1.67. The molecule has 1 fully saturated rings. The van der Waals surface area contributed by atoms with E-state index in [9.17, 15) is 18.4 Å². The van der Waals surface area contributed by atoms with Crippen molar-refractivity contribution >= 4 is 0 Å². The van der Waals surface area contributed by atoms with Crippen LogP contribution in [0.1, 0.15) is 24.4 Å². The van der Waals surface area contributed by atoms with Gasteiger partial charge in [0, 0.05) is 24.0 Å². The van der Waals surface area contributed by atoms with Crippen molar-refractivity contribution in [3.05, 3.63) is 68.5 Å². The van der Waals surface area contributed by atoms with Crippen LogP contribution in [0.15, 0.2) is 40.2 Å². The Balaban J connectivity index is 1.99. The van der Waals surface area contributed by atoms with Crippen molar-refractivity contribution in [2.75, 3.05) is 0 Å². The molecule has 1 aliphatic carbocycles. The molecule has 0 N–H and O–H groups in total. The van der Waals surface area contributed by atoms with Gasteiger partial charge in [-0.05, 0) is 31.0 Å². The Morgan fingerprint density at radius 1 is 1.10 bits per heavy atom. The molecule has 1 aliphatic rings. The summed E-state index contributed by atoms with van der Waals surface area (Å²) in [7, 11) is 0. The van der Waals surface area contributed by atoms with Crippen molar-refractivity contribution in [2.45, 2.75) is 25.4 Å². The summed E-state index contributed by atoms with van der Waals surface area (Å²) >= 11 is 0. The highest BCUT2D eigenvalue weighted by molar-refractivity contribution is 5.19. The third kappa shape index (κ3) is 2.29. The molecule has 4 nitrogen and oxygen atoms in total. The Hall–Kier alpha value is -2.24. The van der Waals surface area contributed by atoms with Gasteiger partial charge < -0.3 is 9.13 Å². The summed E-state index contributed by atoms with van der Waals surface area (Å²) in [6.07, 6.45) is 4.74. The molecular weight excluding hydrogens is 266 g/mol. The van der Waals surface area contributed by atoms with Crippen LogP contribution in [0.3, 0.4) is 0 Å². The monoisotopic (exact) mass is 278 g/mol. The van der Waals surface area contributed by atoms with E-state index in [2.05, 4.69) is 0 Å². The van der Waals surface area contributed by atoms with E-state index in [1.165, 1.54) is 17.0 Å². The first-order chi connectivity index (χ1) is 9.56. The van der Waals surface area contributed by atoms with Gasteiger partial charge in [0.2, 0.25) is 0 Å². The van der Waals surface area contributed by atoms with E-state index in [-0.39, 0.29) is 18.2 Å². The quantitative estimate of drug-likeness (QED) is 0.802. The van der Waals surface area contributed by atoms with Crippen molar-refractivity contribution in [3.63, 3.8) is 0 Å². The number of rotatable bonds is 3. The second kappa shape index (κ2) is 4.70. The summed E-state index contributed by atoms with van der Waals surface area (Å²) in [4.78, 5) is 23.8. The van der Waals surface area contributed by atoms with Crippen molar-refractivity contribution in [3.8, 4) is 0 Å². The number of hydrogen-bond donors (Lipinski definition) is 0. The predicted molar refractivity (Wildman–Crippen MR) is 68.7 cm³/mol. The van der Waals surface area contributed by atoms with Crippen LogP contribution in [0.5, 0.6) is 0 Å². The van der Waals surface area contributed by atoms with Crippen molar-refractivity contribution in [1.29, 1.82) is 0 Å². The third-order valence-corrected chi connectivity index (χ3v) is 3.37. The number of benzene rings is 1. The highest BCUT2D eigenvalue weighted by Crippen LogP contribution is 2.32. The Morgan fingerprint density at radius 3 is 2.55 bits per heavy atom. The van der Waals surface area contributed by atoms with Crippen LogP contribution in [0, 0.1) is 11.6 Å². The Bertz CT molecular complexity index is 775. The Morgan fingerprint density at radius 2 is 1.85 bits per heavy atom. The van der Waals surface area contributed by atoms with Crippen molar-refractivity contribution < 1.29 is 8.78 Å². The molecule has 104 valence electrons. The minimum atomic E-state index is -0.719. The molecule has 0 saturated heterocycles. The lowest BCUT2D eigenvalue weighted by atomic mass is 10.2. The van der Waals surface area contributed by atoms with Crippen molar-refractivity contribution in [1.82, 2.24) is 9.13 Å². The molecule has 20 heavy (non-hydrogen) atoms. The molecule has 0 amide bonds. The van der Waals surface area contributed by atoms with Crippen molar-refractivity contribution in [2.24, 2.45) is 0 Å². The average molecular weight is 278 g/mol. The number of aromatic nitrogens is 2. The van der Waals surface area contributed by atoms with Crippen LogP contribution >= 0.6 is 0 Å². The molecule has 1 heterocycles. The normalized spacial score (nSPS) is 14.5. The maximum Gasteiger partial charge on any atom is 0.316 e. The first kappa shape index (κ1) is 12.8. The fraction of sp³-hybridized carbons (Fsp3) is 0.286. The molecule has 2 aromatic rings. The van der Waals surface area contributed by atoms with Gasteiger partial charge in [0.1, 0.15) is 11.6 Å². The zero-order valence-electron chi connectivity index (χ0n) is 10.6. The second-order valence-corrected chi connectivity index (χ2v) is 4.91.